The second-order valence-electron chi connectivity index (χ2n) is 5.21. The molecule has 2 heteroatoms. The molecule has 1 saturated carbocycles. The lowest BCUT2D eigenvalue weighted by molar-refractivity contribution is -0.145. The first-order chi connectivity index (χ1) is 7.06. The van der Waals surface area contributed by atoms with Gasteiger partial charge >= 0.3 is 5.97 Å². The summed E-state index contributed by atoms with van der Waals surface area (Å²) in [5, 5.41) is 9.20. The van der Waals surface area contributed by atoms with Crippen LogP contribution in [0.25, 0.3) is 0 Å². The Balaban J connectivity index is 2.66. The normalized spacial score (nSPS) is 38.1. The molecule has 0 saturated heterocycles. The van der Waals surface area contributed by atoms with E-state index in [1.54, 1.807) is 0 Å². The van der Waals surface area contributed by atoms with Crippen molar-refractivity contribution in [2.75, 3.05) is 0 Å². The van der Waals surface area contributed by atoms with Crippen molar-refractivity contribution < 1.29 is 9.90 Å². The van der Waals surface area contributed by atoms with E-state index in [2.05, 4.69) is 20.8 Å². The summed E-state index contributed by atoms with van der Waals surface area (Å²) in [5.74, 6) is 0.933. The van der Waals surface area contributed by atoms with Gasteiger partial charge in [-0.1, -0.05) is 40.0 Å². The van der Waals surface area contributed by atoms with Gasteiger partial charge in [0.1, 0.15) is 0 Å². The Bertz CT molecular complexity index is 213. The Morgan fingerprint density at radius 2 is 1.80 bits per heavy atom. The van der Waals surface area contributed by atoms with Crippen molar-refractivity contribution in [2.24, 2.45) is 23.7 Å². The molecule has 0 aromatic heterocycles. The van der Waals surface area contributed by atoms with E-state index in [0.29, 0.717) is 11.8 Å². The van der Waals surface area contributed by atoms with Gasteiger partial charge in [0, 0.05) is 0 Å². The summed E-state index contributed by atoms with van der Waals surface area (Å²) in [4.78, 5) is 11.2. The van der Waals surface area contributed by atoms with Crippen LogP contribution in [0.15, 0.2) is 0 Å². The zero-order chi connectivity index (χ0) is 11.4. The van der Waals surface area contributed by atoms with Crippen molar-refractivity contribution in [3.63, 3.8) is 0 Å². The molecular formula is C13H24O2. The number of carboxylic acid groups (broad SMARTS) is 1. The highest BCUT2D eigenvalue weighted by atomic mass is 16.4. The molecule has 4 atom stereocenters. The van der Waals surface area contributed by atoms with Gasteiger partial charge in [0.05, 0.1) is 5.92 Å². The Kier molecular flexibility index (Phi) is 4.62. The lowest BCUT2D eigenvalue weighted by Gasteiger charge is -2.31. The van der Waals surface area contributed by atoms with Crippen LogP contribution in [0.4, 0.5) is 0 Å². The van der Waals surface area contributed by atoms with E-state index >= 15 is 0 Å². The Hall–Kier alpha value is -0.530. The van der Waals surface area contributed by atoms with Crippen LogP contribution in [0.5, 0.6) is 0 Å². The highest BCUT2D eigenvalue weighted by molar-refractivity contribution is 5.70. The molecule has 1 N–H and O–H groups in total. The van der Waals surface area contributed by atoms with Crippen LogP contribution < -0.4 is 0 Å². The Morgan fingerprint density at radius 1 is 1.20 bits per heavy atom. The van der Waals surface area contributed by atoms with Crippen LogP contribution in [0, 0.1) is 23.7 Å². The molecule has 2 nitrogen and oxygen atoms in total. The molecule has 1 aliphatic carbocycles. The van der Waals surface area contributed by atoms with Crippen molar-refractivity contribution >= 4 is 5.97 Å². The van der Waals surface area contributed by atoms with Crippen LogP contribution in [-0.4, -0.2) is 11.1 Å². The molecule has 0 radical (unpaired) electrons. The highest BCUT2D eigenvalue weighted by Gasteiger charge is 2.31. The number of carboxylic acids is 1. The van der Waals surface area contributed by atoms with Gasteiger partial charge in [0.15, 0.2) is 0 Å². The zero-order valence-corrected chi connectivity index (χ0v) is 10.2. The standard InChI is InChI=1S/C13H24O2/c1-4-11-6-5-9(2)10(3)12(8-7-11)13(14)15/h9-12H,4-8H2,1-3H3,(H,14,15). The van der Waals surface area contributed by atoms with Gasteiger partial charge in [-0.05, 0) is 30.6 Å². The maximum absolute atomic E-state index is 11.2. The first-order valence-corrected chi connectivity index (χ1v) is 6.29. The first kappa shape index (κ1) is 12.5. The average molecular weight is 212 g/mol. The molecule has 0 amide bonds. The molecule has 0 spiro atoms. The van der Waals surface area contributed by atoms with Crippen molar-refractivity contribution in [1.29, 1.82) is 0 Å². The van der Waals surface area contributed by atoms with Crippen molar-refractivity contribution in [1.82, 2.24) is 0 Å². The second kappa shape index (κ2) is 5.53. The van der Waals surface area contributed by atoms with Crippen LogP contribution in [0.3, 0.4) is 0 Å². The average Bonchev–Trinajstić information content (AvgIpc) is 2.19. The fraction of sp³-hybridized carbons (Fsp3) is 0.923. The third kappa shape index (κ3) is 3.22. The molecule has 0 aromatic carbocycles. The van der Waals surface area contributed by atoms with Crippen molar-refractivity contribution in [2.45, 2.75) is 52.9 Å². The molecular weight excluding hydrogens is 188 g/mol. The van der Waals surface area contributed by atoms with Gasteiger partial charge in [0.2, 0.25) is 0 Å². The van der Waals surface area contributed by atoms with Crippen molar-refractivity contribution in [3.05, 3.63) is 0 Å². The van der Waals surface area contributed by atoms with Crippen LogP contribution in [0.1, 0.15) is 52.9 Å². The molecule has 0 heterocycles. The largest absolute Gasteiger partial charge is 0.481 e. The van der Waals surface area contributed by atoms with Crippen LogP contribution in [-0.2, 0) is 4.79 Å². The molecule has 0 aromatic rings. The minimum atomic E-state index is -0.592. The van der Waals surface area contributed by atoms with Gasteiger partial charge in [0.25, 0.3) is 0 Å². The second-order valence-corrected chi connectivity index (χ2v) is 5.21. The van der Waals surface area contributed by atoms with Gasteiger partial charge in [-0.15, -0.1) is 0 Å². The maximum atomic E-state index is 11.2. The molecule has 0 aliphatic heterocycles. The van der Waals surface area contributed by atoms with Crippen molar-refractivity contribution in [3.8, 4) is 0 Å². The molecule has 1 fully saturated rings. The summed E-state index contributed by atoms with van der Waals surface area (Å²) in [7, 11) is 0. The fourth-order valence-corrected chi connectivity index (χ4v) is 2.74. The summed E-state index contributed by atoms with van der Waals surface area (Å²) in [6.45, 7) is 6.53. The van der Waals surface area contributed by atoms with E-state index in [0.717, 1.165) is 18.8 Å². The molecule has 1 rings (SSSR count). The molecule has 88 valence electrons. The molecule has 15 heavy (non-hydrogen) atoms. The quantitative estimate of drug-likeness (QED) is 0.760. The lowest BCUT2D eigenvalue weighted by atomic mass is 9.74. The summed E-state index contributed by atoms with van der Waals surface area (Å²) in [6, 6.07) is 0. The van der Waals surface area contributed by atoms with E-state index < -0.39 is 5.97 Å². The monoisotopic (exact) mass is 212 g/mol. The predicted molar refractivity (Wildman–Crippen MR) is 61.7 cm³/mol. The minimum Gasteiger partial charge on any atom is -0.481 e. The number of hydrogen-bond acceptors (Lipinski definition) is 1. The SMILES string of the molecule is CCC1CCC(C)C(C)C(C(=O)O)CC1. The van der Waals surface area contributed by atoms with E-state index in [1.807, 2.05) is 0 Å². The smallest absolute Gasteiger partial charge is 0.306 e. The summed E-state index contributed by atoms with van der Waals surface area (Å²) in [5.41, 5.74) is 0. The van der Waals surface area contributed by atoms with E-state index in [4.69, 9.17) is 0 Å². The molecule has 4 unspecified atom stereocenters. The topological polar surface area (TPSA) is 37.3 Å². The summed E-state index contributed by atoms with van der Waals surface area (Å²) < 4.78 is 0. The highest BCUT2D eigenvalue weighted by Crippen LogP contribution is 2.35. The van der Waals surface area contributed by atoms with E-state index in [9.17, 15) is 9.90 Å². The predicted octanol–water partition coefficient (Wildman–Crippen LogP) is 3.56. The fourth-order valence-electron chi connectivity index (χ4n) is 2.74. The Morgan fingerprint density at radius 3 is 2.33 bits per heavy atom. The zero-order valence-electron chi connectivity index (χ0n) is 10.2. The molecule has 1 aliphatic rings. The maximum Gasteiger partial charge on any atom is 0.306 e. The number of aliphatic carboxylic acids is 1. The van der Waals surface area contributed by atoms with Gasteiger partial charge in [-0.3, -0.25) is 4.79 Å². The summed E-state index contributed by atoms with van der Waals surface area (Å²) in [6.07, 6.45) is 5.66. The van der Waals surface area contributed by atoms with E-state index in [1.165, 1.54) is 19.3 Å². The van der Waals surface area contributed by atoms with E-state index in [-0.39, 0.29) is 5.92 Å². The first-order valence-electron chi connectivity index (χ1n) is 6.29. The van der Waals surface area contributed by atoms with Gasteiger partial charge in [-0.2, -0.15) is 0 Å². The lowest BCUT2D eigenvalue weighted by Crippen LogP contribution is -2.29. The van der Waals surface area contributed by atoms with Gasteiger partial charge < -0.3 is 5.11 Å². The summed E-state index contributed by atoms with van der Waals surface area (Å²) >= 11 is 0. The van der Waals surface area contributed by atoms with Crippen LogP contribution >= 0.6 is 0 Å². The Labute approximate surface area is 93.1 Å². The molecule has 0 bridgehead atoms. The number of hydrogen-bond donors (Lipinski definition) is 1. The number of carbonyl (C=O) groups is 1. The van der Waals surface area contributed by atoms with Gasteiger partial charge in [-0.25, -0.2) is 0 Å². The third-order valence-corrected chi connectivity index (χ3v) is 4.34. The van der Waals surface area contributed by atoms with Crippen LogP contribution in [0.2, 0.25) is 0 Å². The third-order valence-electron chi connectivity index (χ3n) is 4.34. The minimum absolute atomic E-state index is 0.116. The number of rotatable bonds is 2.